The fourth-order valence-corrected chi connectivity index (χ4v) is 2.60. The summed E-state index contributed by atoms with van der Waals surface area (Å²) in [5, 5.41) is 3.68. The van der Waals surface area contributed by atoms with Gasteiger partial charge in [0.1, 0.15) is 0 Å². The fraction of sp³-hybridized carbons (Fsp3) is 1.00. The van der Waals surface area contributed by atoms with Gasteiger partial charge in [-0.2, -0.15) is 0 Å². The van der Waals surface area contributed by atoms with Crippen LogP contribution in [0.5, 0.6) is 0 Å². The summed E-state index contributed by atoms with van der Waals surface area (Å²) in [6, 6.07) is 0. The second-order valence-corrected chi connectivity index (χ2v) is 4.55. The Labute approximate surface area is 86.8 Å². The molecule has 0 spiro atoms. The van der Waals surface area contributed by atoms with Crippen LogP contribution >= 0.6 is 0 Å². The molecule has 2 saturated heterocycles. The molecule has 0 aromatic heterocycles. The molecule has 2 rings (SSSR count). The molecule has 2 aliphatic rings. The van der Waals surface area contributed by atoms with E-state index < -0.39 is 0 Å². The zero-order valence-electron chi connectivity index (χ0n) is 9.22. The van der Waals surface area contributed by atoms with Crippen molar-refractivity contribution in [2.75, 3.05) is 39.4 Å². The van der Waals surface area contributed by atoms with Crippen molar-refractivity contribution in [2.24, 2.45) is 0 Å². The Morgan fingerprint density at radius 2 is 2.14 bits per heavy atom. The summed E-state index contributed by atoms with van der Waals surface area (Å²) < 4.78 is 5.37. The molecule has 3 heteroatoms. The van der Waals surface area contributed by atoms with Crippen molar-refractivity contribution < 1.29 is 4.74 Å². The number of ether oxygens (including phenoxy) is 1. The van der Waals surface area contributed by atoms with Crippen molar-refractivity contribution in [1.82, 2.24) is 10.2 Å². The van der Waals surface area contributed by atoms with E-state index >= 15 is 0 Å². The number of hydrogen-bond acceptors (Lipinski definition) is 3. The van der Waals surface area contributed by atoms with Crippen LogP contribution < -0.4 is 5.32 Å². The lowest BCUT2D eigenvalue weighted by atomic mass is 9.93. The number of rotatable bonds is 3. The second kappa shape index (κ2) is 4.60. The normalized spacial score (nSPS) is 34.9. The fourth-order valence-electron chi connectivity index (χ4n) is 2.60. The maximum Gasteiger partial charge on any atom is 0.0594 e. The highest BCUT2D eigenvalue weighted by atomic mass is 16.5. The lowest BCUT2D eigenvalue weighted by Crippen LogP contribution is -2.52. The van der Waals surface area contributed by atoms with E-state index in [1.807, 2.05) is 0 Å². The van der Waals surface area contributed by atoms with Crippen molar-refractivity contribution in [1.29, 1.82) is 0 Å². The standard InChI is InChI=1S/C11H22N2O/c1-2-11(4-3-5-12-11)10-13-6-8-14-9-7-13/h12H,2-10H2,1H3. The van der Waals surface area contributed by atoms with Gasteiger partial charge in [-0.25, -0.2) is 0 Å². The van der Waals surface area contributed by atoms with E-state index in [-0.39, 0.29) is 0 Å². The van der Waals surface area contributed by atoms with Crippen molar-refractivity contribution >= 4 is 0 Å². The molecule has 1 atom stereocenters. The smallest absolute Gasteiger partial charge is 0.0594 e. The molecule has 2 aliphatic heterocycles. The molecule has 0 radical (unpaired) electrons. The number of hydrogen-bond donors (Lipinski definition) is 1. The maximum atomic E-state index is 5.37. The molecule has 0 amide bonds. The van der Waals surface area contributed by atoms with Gasteiger partial charge in [0.05, 0.1) is 13.2 Å². The van der Waals surface area contributed by atoms with E-state index in [2.05, 4.69) is 17.1 Å². The molecule has 14 heavy (non-hydrogen) atoms. The Bertz CT molecular complexity index is 172. The van der Waals surface area contributed by atoms with Crippen LogP contribution in [-0.4, -0.2) is 49.8 Å². The van der Waals surface area contributed by atoms with Gasteiger partial charge in [0.2, 0.25) is 0 Å². The Morgan fingerprint density at radius 3 is 2.71 bits per heavy atom. The third kappa shape index (κ3) is 2.27. The third-order valence-corrected chi connectivity index (χ3v) is 3.64. The van der Waals surface area contributed by atoms with Crippen LogP contribution in [0.4, 0.5) is 0 Å². The first-order valence-corrected chi connectivity index (χ1v) is 5.90. The van der Waals surface area contributed by atoms with Gasteiger partial charge in [-0.3, -0.25) is 4.90 Å². The van der Waals surface area contributed by atoms with Gasteiger partial charge in [-0.05, 0) is 25.8 Å². The molecule has 0 aromatic carbocycles. The molecular weight excluding hydrogens is 176 g/mol. The first-order chi connectivity index (χ1) is 6.85. The van der Waals surface area contributed by atoms with Gasteiger partial charge in [0.25, 0.3) is 0 Å². The Morgan fingerprint density at radius 1 is 1.36 bits per heavy atom. The summed E-state index contributed by atoms with van der Waals surface area (Å²) in [4.78, 5) is 2.55. The summed E-state index contributed by atoms with van der Waals surface area (Å²) in [7, 11) is 0. The summed E-state index contributed by atoms with van der Waals surface area (Å²) >= 11 is 0. The highest BCUT2D eigenvalue weighted by Gasteiger charge is 2.33. The molecule has 0 aliphatic carbocycles. The van der Waals surface area contributed by atoms with Gasteiger partial charge in [-0.1, -0.05) is 6.92 Å². The summed E-state index contributed by atoms with van der Waals surface area (Å²) in [5.41, 5.74) is 0.414. The van der Waals surface area contributed by atoms with Crippen molar-refractivity contribution in [3.8, 4) is 0 Å². The molecule has 2 heterocycles. The zero-order chi connectivity index (χ0) is 9.86. The minimum Gasteiger partial charge on any atom is -0.379 e. The number of nitrogens with one attached hydrogen (secondary N) is 1. The molecule has 0 bridgehead atoms. The van der Waals surface area contributed by atoms with Crippen molar-refractivity contribution in [3.63, 3.8) is 0 Å². The van der Waals surface area contributed by atoms with E-state index in [0.29, 0.717) is 5.54 Å². The molecule has 0 aromatic rings. The van der Waals surface area contributed by atoms with E-state index in [1.165, 1.54) is 32.4 Å². The van der Waals surface area contributed by atoms with Gasteiger partial charge < -0.3 is 10.1 Å². The lowest BCUT2D eigenvalue weighted by molar-refractivity contribution is 0.0249. The predicted molar refractivity (Wildman–Crippen MR) is 57.5 cm³/mol. The largest absolute Gasteiger partial charge is 0.379 e. The average molecular weight is 198 g/mol. The van der Waals surface area contributed by atoms with Crippen LogP contribution in [0.2, 0.25) is 0 Å². The summed E-state index contributed by atoms with van der Waals surface area (Å²) in [5.74, 6) is 0. The monoisotopic (exact) mass is 198 g/mol. The number of morpholine rings is 1. The highest BCUT2D eigenvalue weighted by molar-refractivity contribution is 4.94. The van der Waals surface area contributed by atoms with Crippen LogP contribution in [0.3, 0.4) is 0 Å². The molecule has 0 saturated carbocycles. The van der Waals surface area contributed by atoms with Crippen LogP contribution in [0.15, 0.2) is 0 Å². The minimum atomic E-state index is 0.414. The minimum absolute atomic E-state index is 0.414. The molecular formula is C11H22N2O. The van der Waals surface area contributed by atoms with Gasteiger partial charge in [-0.15, -0.1) is 0 Å². The van der Waals surface area contributed by atoms with E-state index in [9.17, 15) is 0 Å². The first kappa shape index (κ1) is 10.4. The van der Waals surface area contributed by atoms with E-state index in [0.717, 1.165) is 26.3 Å². The van der Waals surface area contributed by atoms with E-state index in [4.69, 9.17) is 4.74 Å². The maximum absolute atomic E-state index is 5.37. The van der Waals surface area contributed by atoms with Gasteiger partial charge in [0.15, 0.2) is 0 Å². The van der Waals surface area contributed by atoms with Gasteiger partial charge in [0, 0.05) is 25.2 Å². The van der Waals surface area contributed by atoms with Crippen LogP contribution in [0.1, 0.15) is 26.2 Å². The molecule has 2 fully saturated rings. The molecule has 1 unspecified atom stereocenters. The van der Waals surface area contributed by atoms with Crippen LogP contribution in [-0.2, 0) is 4.74 Å². The number of nitrogens with zero attached hydrogens (tertiary/aromatic N) is 1. The van der Waals surface area contributed by atoms with E-state index in [1.54, 1.807) is 0 Å². The first-order valence-electron chi connectivity index (χ1n) is 5.90. The van der Waals surface area contributed by atoms with Crippen molar-refractivity contribution in [2.45, 2.75) is 31.7 Å². The zero-order valence-corrected chi connectivity index (χ0v) is 9.22. The Hall–Kier alpha value is -0.120. The lowest BCUT2D eigenvalue weighted by Gasteiger charge is -2.36. The molecule has 3 nitrogen and oxygen atoms in total. The van der Waals surface area contributed by atoms with Gasteiger partial charge >= 0.3 is 0 Å². The topological polar surface area (TPSA) is 24.5 Å². The third-order valence-electron chi connectivity index (χ3n) is 3.64. The predicted octanol–water partition coefficient (Wildman–Crippen LogP) is 0.851. The second-order valence-electron chi connectivity index (χ2n) is 4.55. The highest BCUT2D eigenvalue weighted by Crippen LogP contribution is 2.24. The Kier molecular flexibility index (Phi) is 3.42. The molecule has 82 valence electrons. The van der Waals surface area contributed by atoms with Crippen LogP contribution in [0, 0.1) is 0 Å². The molecule has 1 N–H and O–H groups in total. The SMILES string of the molecule is CCC1(CN2CCOCC2)CCCN1. The van der Waals surface area contributed by atoms with Crippen LogP contribution in [0.25, 0.3) is 0 Å². The average Bonchev–Trinajstić information content (AvgIpc) is 2.69. The summed E-state index contributed by atoms with van der Waals surface area (Å²) in [6.45, 7) is 8.79. The Balaban J connectivity index is 1.86. The quantitative estimate of drug-likeness (QED) is 0.727. The van der Waals surface area contributed by atoms with Crippen molar-refractivity contribution in [3.05, 3.63) is 0 Å². The summed E-state index contributed by atoms with van der Waals surface area (Å²) in [6.07, 6.45) is 3.95.